The summed E-state index contributed by atoms with van der Waals surface area (Å²) in [4.78, 5) is 17.8. The average Bonchev–Trinajstić information content (AvgIpc) is 3.41. The van der Waals surface area contributed by atoms with Crippen LogP contribution in [-0.2, 0) is 11.3 Å². The van der Waals surface area contributed by atoms with Crippen LogP contribution >= 0.6 is 0 Å². The summed E-state index contributed by atoms with van der Waals surface area (Å²) in [6.07, 6.45) is 2.36. The predicted octanol–water partition coefficient (Wildman–Crippen LogP) is 4.47. The molecule has 0 aliphatic carbocycles. The lowest BCUT2D eigenvalue weighted by Crippen LogP contribution is -2.37. The molecule has 2 fully saturated rings. The number of anilines is 1. The van der Waals surface area contributed by atoms with E-state index in [0.29, 0.717) is 12.1 Å². The molecule has 0 radical (unpaired) electrons. The van der Waals surface area contributed by atoms with E-state index in [1.54, 1.807) is 0 Å². The highest BCUT2D eigenvalue weighted by molar-refractivity contribution is 6.01. The Hall–Kier alpha value is -3.88. The van der Waals surface area contributed by atoms with Crippen molar-refractivity contribution < 1.29 is 14.3 Å². The topological polar surface area (TPSA) is 82.7 Å². The summed E-state index contributed by atoms with van der Waals surface area (Å²) in [5.41, 5.74) is 5.55. The van der Waals surface area contributed by atoms with Gasteiger partial charge in [-0.15, -0.1) is 0 Å². The van der Waals surface area contributed by atoms with Crippen molar-refractivity contribution in [3.05, 3.63) is 77.9 Å². The minimum Gasteiger partial charge on any atom is -0.490 e. The number of likely N-dealkylation sites (tertiary alicyclic amines) is 1. The molecule has 3 heterocycles. The zero-order chi connectivity index (χ0) is 26.6. The van der Waals surface area contributed by atoms with E-state index in [2.05, 4.69) is 44.5 Å². The third kappa shape index (κ3) is 5.77. The first-order valence-electron chi connectivity index (χ1n) is 13.8. The lowest BCUT2D eigenvalue weighted by atomic mass is 10.0. The Labute approximate surface area is 228 Å². The molecule has 6 rings (SSSR count). The number of nitrogens with one attached hydrogen (secondary N) is 2. The second-order valence-electron chi connectivity index (χ2n) is 10.4. The number of H-pyrrole nitrogens is 1. The van der Waals surface area contributed by atoms with Gasteiger partial charge in [0.2, 0.25) is 0 Å². The molecule has 0 spiro atoms. The van der Waals surface area contributed by atoms with E-state index < -0.39 is 0 Å². The number of piperidine rings is 1. The van der Waals surface area contributed by atoms with Gasteiger partial charge in [0.05, 0.1) is 24.4 Å². The van der Waals surface area contributed by atoms with Gasteiger partial charge in [0.15, 0.2) is 0 Å². The molecule has 8 nitrogen and oxygen atoms in total. The van der Waals surface area contributed by atoms with Crippen molar-refractivity contribution in [1.82, 2.24) is 20.4 Å². The maximum absolute atomic E-state index is 13.2. The molecule has 3 aromatic carbocycles. The quantitative estimate of drug-likeness (QED) is 0.371. The smallest absolute Gasteiger partial charge is 0.251 e. The lowest BCUT2D eigenvalue weighted by Gasteiger charge is -2.30. The van der Waals surface area contributed by atoms with Crippen molar-refractivity contribution in [2.75, 3.05) is 51.3 Å². The molecule has 0 saturated carbocycles. The monoisotopic (exact) mass is 525 g/mol. The SMILES string of the molecule is CN1CCC(Oc2ccc(-c3n[nH]c4ccc(C(=O)NCc5ccccc5N5CCOCC5)cc34)cc2)CC1. The van der Waals surface area contributed by atoms with E-state index in [1.165, 1.54) is 0 Å². The maximum Gasteiger partial charge on any atom is 0.251 e. The number of benzene rings is 3. The number of fused-ring (bicyclic) bond motifs is 1. The fraction of sp³-hybridized carbons (Fsp3) is 0.355. The first-order chi connectivity index (χ1) is 19.1. The van der Waals surface area contributed by atoms with E-state index >= 15 is 0 Å². The van der Waals surface area contributed by atoms with E-state index in [1.807, 2.05) is 54.6 Å². The molecule has 2 aliphatic heterocycles. The summed E-state index contributed by atoms with van der Waals surface area (Å²) in [7, 11) is 2.15. The van der Waals surface area contributed by atoms with Gasteiger partial charge in [0.1, 0.15) is 11.9 Å². The highest BCUT2D eigenvalue weighted by atomic mass is 16.5. The Balaban J connectivity index is 1.15. The molecule has 8 heteroatoms. The molecule has 2 N–H and O–H groups in total. The summed E-state index contributed by atoms with van der Waals surface area (Å²) in [5, 5.41) is 11.7. The van der Waals surface area contributed by atoms with Crippen LogP contribution < -0.4 is 15.0 Å². The van der Waals surface area contributed by atoms with Crippen LogP contribution in [0.25, 0.3) is 22.2 Å². The number of morpholine rings is 1. The molecule has 0 atom stereocenters. The van der Waals surface area contributed by atoms with Gasteiger partial charge < -0.3 is 24.6 Å². The van der Waals surface area contributed by atoms with Crippen molar-refractivity contribution in [2.24, 2.45) is 0 Å². The first-order valence-corrected chi connectivity index (χ1v) is 13.8. The number of carbonyl (C=O) groups excluding carboxylic acids is 1. The zero-order valence-electron chi connectivity index (χ0n) is 22.4. The van der Waals surface area contributed by atoms with Crippen LogP contribution in [0.5, 0.6) is 5.75 Å². The van der Waals surface area contributed by atoms with Crippen LogP contribution in [-0.4, -0.2) is 73.5 Å². The van der Waals surface area contributed by atoms with Gasteiger partial charge in [-0.1, -0.05) is 18.2 Å². The van der Waals surface area contributed by atoms with Gasteiger partial charge in [-0.05, 0) is 74.0 Å². The normalized spacial score (nSPS) is 16.9. The third-order valence-electron chi connectivity index (χ3n) is 7.70. The number of hydrogen-bond acceptors (Lipinski definition) is 6. The zero-order valence-corrected chi connectivity index (χ0v) is 22.4. The van der Waals surface area contributed by atoms with Gasteiger partial charge in [0, 0.05) is 54.9 Å². The fourth-order valence-corrected chi connectivity index (χ4v) is 5.41. The van der Waals surface area contributed by atoms with E-state index in [0.717, 1.165) is 91.4 Å². The minimum atomic E-state index is -0.109. The summed E-state index contributed by atoms with van der Waals surface area (Å²) < 4.78 is 11.7. The molecule has 1 amide bonds. The van der Waals surface area contributed by atoms with Crippen LogP contribution in [0.1, 0.15) is 28.8 Å². The third-order valence-corrected chi connectivity index (χ3v) is 7.70. The summed E-state index contributed by atoms with van der Waals surface area (Å²) in [6, 6.07) is 22.0. The number of hydrogen-bond donors (Lipinski definition) is 2. The van der Waals surface area contributed by atoms with Crippen LogP contribution in [0.4, 0.5) is 5.69 Å². The molecule has 0 bridgehead atoms. The standard InChI is InChI=1S/C31H35N5O3/c1-35-14-12-26(13-15-35)39-25-9-6-22(7-10-25)30-27-20-23(8-11-28(27)33-34-30)31(37)32-21-24-4-2-3-5-29(24)36-16-18-38-19-17-36/h2-11,20,26H,12-19,21H2,1H3,(H,32,37)(H,33,34). The Kier molecular flexibility index (Phi) is 7.47. The molecule has 39 heavy (non-hydrogen) atoms. The molecule has 0 unspecified atom stereocenters. The van der Waals surface area contributed by atoms with Gasteiger partial charge >= 0.3 is 0 Å². The number of aromatic amines is 1. The van der Waals surface area contributed by atoms with E-state index in [4.69, 9.17) is 9.47 Å². The Morgan fingerprint density at radius 2 is 1.79 bits per heavy atom. The molecule has 202 valence electrons. The largest absolute Gasteiger partial charge is 0.490 e. The highest BCUT2D eigenvalue weighted by Crippen LogP contribution is 2.29. The number of nitrogens with zero attached hydrogens (tertiary/aromatic N) is 3. The molecule has 2 saturated heterocycles. The fourth-order valence-electron chi connectivity index (χ4n) is 5.41. The van der Waals surface area contributed by atoms with E-state index in [-0.39, 0.29) is 12.0 Å². The van der Waals surface area contributed by atoms with Gasteiger partial charge in [-0.3, -0.25) is 9.89 Å². The van der Waals surface area contributed by atoms with Crippen molar-refractivity contribution in [3.8, 4) is 17.0 Å². The van der Waals surface area contributed by atoms with Crippen molar-refractivity contribution in [1.29, 1.82) is 0 Å². The lowest BCUT2D eigenvalue weighted by molar-refractivity contribution is 0.0950. The number of aromatic nitrogens is 2. The van der Waals surface area contributed by atoms with E-state index in [9.17, 15) is 4.79 Å². The van der Waals surface area contributed by atoms with Gasteiger partial charge in [-0.25, -0.2) is 0 Å². The van der Waals surface area contributed by atoms with Crippen molar-refractivity contribution in [3.63, 3.8) is 0 Å². The Morgan fingerprint density at radius 3 is 2.59 bits per heavy atom. The molecule has 1 aromatic heterocycles. The van der Waals surface area contributed by atoms with Gasteiger partial charge in [0.25, 0.3) is 5.91 Å². The summed E-state index contributed by atoms with van der Waals surface area (Å²) in [6.45, 7) is 5.76. The Morgan fingerprint density at radius 1 is 1.03 bits per heavy atom. The van der Waals surface area contributed by atoms with Crippen molar-refractivity contribution in [2.45, 2.75) is 25.5 Å². The first kappa shape index (κ1) is 25.4. The van der Waals surface area contributed by atoms with Crippen LogP contribution in [0.15, 0.2) is 66.7 Å². The maximum atomic E-state index is 13.2. The van der Waals surface area contributed by atoms with Crippen molar-refractivity contribution >= 4 is 22.5 Å². The number of para-hydroxylation sites is 1. The van der Waals surface area contributed by atoms with Crippen LogP contribution in [0.3, 0.4) is 0 Å². The van der Waals surface area contributed by atoms with Gasteiger partial charge in [-0.2, -0.15) is 5.10 Å². The Bertz CT molecular complexity index is 1420. The number of rotatable bonds is 7. The molecular weight excluding hydrogens is 490 g/mol. The molecule has 2 aliphatic rings. The van der Waals surface area contributed by atoms with Crippen LogP contribution in [0.2, 0.25) is 0 Å². The number of amides is 1. The molecule has 4 aromatic rings. The number of ether oxygens (including phenoxy) is 2. The second-order valence-corrected chi connectivity index (χ2v) is 10.4. The minimum absolute atomic E-state index is 0.109. The highest BCUT2D eigenvalue weighted by Gasteiger charge is 2.19. The summed E-state index contributed by atoms with van der Waals surface area (Å²) >= 11 is 0. The van der Waals surface area contributed by atoms with Crippen LogP contribution in [0, 0.1) is 0 Å². The number of carbonyl (C=O) groups is 1. The second kappa shape index (κ2) is 11.5. The average molecular weight is 526 g/mol. The molecular formula is C31H35N5O3. The predicted molar refractivity (Wildman–Crippen MR) is 153 cm³/mol. The summed E-state index contributed by atoms with van der Waals surface area (Å²) in [5.74, 6) is 0.772.